The van der Waals surface area contributed by atoms with E-state index in [1.54, 1.807) is 0 Å². The lowest BCUT2D eigenvalue weighted by Crippen LogP contribution is -2.43. The average molecular weight is 180 g/mol. The van der Waals surface area contributed by atoms with Crippen molar-refractivity contribution in [3.63, 3.8) is 0 Å². The number of nitrogens with two attached hydrogens (primary N) is 1. The SMILES string of the molecule is CC1C(N)CCN1C1CCC2CC21. The molecule has 0 bridgehead atoms. The van der Waals surface area contributed by atoms with Crippen LogP contribution < -0.4 is 5.73 Å². The standard InChI is InChI=1S/C11H20N2/c1-7-10(12)4-5-13(7)11-3-2-8-6-9(8)11/h7-11H,2-6,12H2,1H3. The van der Waals surface area contributed by atoms with Crippen LogP contribution in [0.2, 0.25) is 0 Å². The van der Waals surface area contributed by atoms with Gasteiger partial charge in [-0.1, -0.05) is 0 Å². The summed E-state index contributed by atoms with van der Waals surface area (Å²) in [6.07, 6.45) is 5.68. The number of hydrogen-bond acceptors (Lipinski definition) is 2. The fourth-order valence-electron chi connectivity index (χ4n) is 3.54. The lowest BCUT2D eigenvalue weighted by atomic mass is 10.1. The van der Waals surface area contributed by atoms with Gasteiger partial charge in [0, 0.05) is 24.7 Å². The van der Waals surface area contributed by atoms with E-state index in [1.807, 2.05) is 0 Å². The van der Waals surface area contributed by atoms with Crippen LogP contribution in [0.5, 0.6) is 0 Å². The largest absolute Gasteiger partial charge is 0.326 e. The van der Waals surface area contributed by atoms with Crippen molar-refractivity contribution in [2.75, 3.05) is 6.54 Å². The molecule has 1 saturated heterocycles. The van der Waals surface area contributed by atoms with Crippen LogP contribution >= 0.6 is 0 Å². The van der Waals surface area contributed by atoms with E-state index < -0.39 is 0 Å². The molecule has 3 fully saturated rings. The van der Waals surface area contributed by atoms with Crippen LogP contribution in [0, 0.1) is 11.8 Å². The smallest absolute Gasteiger partial charge is 0.0222 e. The summed E-state index contributed by atoms with van der Waals surface area (Å²) in [6, 6.07) is 2.00. The molecule has 2 nitrogen and oxygen atoms in total. The maximum Gasteiger partial charge on any atom is 0.0222 e. The van der Waals surface area contributed by atoms with E-state index >= 15 is 0 Å². The van der Waals surface area contributed by atoms with Crippen molar-refractivity contribution in [2.45, 2.75) is 50.7 Å². The van der Waals surface area contributed by atoms with Crippen LogP contribution in [-0.2, 0) is 0 Å². The molecule has 0 aromatic rings. The van der Waals surface area contributed by atoms with Gasteiger partial charge in [-0.2, -0.15) is 0 Å². The molecule has 3 rings (SSSR count). The predicted octanol–water partition coefficient (Wildman–Crippen LogP) is 1.21. The Morgan fingerprint density at radius 1 is 1.23 bits per heavy atom. The number of hydrogen-bond donors (Lipinski definition) is 1. The molecule has 2 heteroatoms. The Kier molecular flexibility index (Phi) is 1.72. The molecule has 1 heterocycles. The second-order valence-electron chi connectivity index (χ2n) is 5.24. The highest BCUT2D eigenvalue weighted by atomic mass is 15.2. The summed E-state index contributed by atoms with van der Waals surface area (Å²) < 4.78 is 0. The first kappa shape index (κ1) is 8.25. The van der Waals surface area contributed by atoms with Gasteiger partial charge in [-0.3, -0.25) is 4.90 Å². The van der Waals surface area contributed by atoms with Gasteiger partial charge < -0.3 is 5.73 Å². The van der Waals surface area contributed by atoms with E-state index in [4.69, 9.17) is 5.73 Å². The first-order chi connectivity index (χ1) is 6.27. The van der Waals surface area contributed by atoms with Crippen molar-refractivity contribution < 1.29 is 0 Å². The van der Waals surface area contributed by atoms with Gasteiger partial charge in [0.25, 0.3) is 0 Å². The highest BCUT2D eigenvalue weighted by Crippen LogP contribution is 2.54. The molecule has 2 aliphatic carbocycles. The Morgan fingerprint density at radius 2 is 2.08 bits per heavy atom. The van der Waals surface area contributed by atoms with E-state index in [0.29, 0.717) is 12.1 Å². The monoisotopic (exact) mass is 180 g/mol. The molecule has 1 aliphatic heterocycles. The van der Waals surface area contributed by atoms with Crippen molar-refractivity contribution in [1.82, 2.24) is 4.90 Å². The molecule has 74 valence electrons. The van der Waals surface area contributed by atoms with Gasteiger partial charge in [-0.15, -0.1) is 0 Å². The summed E-state index contributed by atoms with van der Waals surface area (Å²) in [4.78, 5) is 2.70. The summed E-state index contributed by atoms with van der Waals surface area (Å²) in [5, 5.41) is 0. The van der Waals surface area contributed by atoms with Gasteiger partial charge >= 0.3 is 0 Å². The molecule has 0 aromatic heterocycles. The maximum absolute atomic E-state index is 6.05. The quantitative estimate of drug-likeness (QED) is 0.657. The van der Waals surface area contributed by atoms with Gasteiger partial charge in [0.05, 0.1) is 0 Å². The molecule has 0 spiro atoms. The van der Waals surface area contributed by atoms with Crippen molar-refractivity contribution in [2.24, 2.45) is 17.6 Å². The summed E-state index contributed by atoms with van der Waals surface area (Å²) in [6.45, 7) is 3.57. The van der Waals surface area contributed by atoms with Crippen LogP contribution in [0.4, 0.5) is 0 Å². The fraction of sp³-hybridized carbons (Fsp3) is 1.00. The second-order valence-corrected chi connectivity index (χ2v) is 5.24. The van der Waals surface area contributed by atoms with Crippen molar-refractivity contribution in [1.29, 1.82) is 0 Å². The molecule has 0 amide bonds. The van der Waals surface area contributed by atoms with E-state index in [0.717, 1.165) is 17.9 Å². The van der Waals surface area contributed by atoms with E-state index in [2.05, 4.69) is 11.8 Å². The third-order valence-electron chi connectivity index (χ3n) is 4.59. The highest BCUT2D eigenvalue weighted by Gasteiger charge is 2.51. The van der Waals surface area contributed by atoms with E-state index in [1.165, 1.54) is 32.2 Å². The molecule has 13 heavy (non-hydrogen) atoms. The van der Waals surface area contributed by atoms with Gasteiger partial charge in [0.1, 0.15) is 0 Å². The summed E-state index contributed by atoms with van der Waals surface area (Å²) >= 11 is 0. The van der Waals surface area contributed by atoms with E-state index in [-0.39, 0.29) is 0 Å². The Balaban J connectivity index is 1.71. The number of rotatable bonds is 1. The molecular formula is C11H20N2. The summed E-state index contributed by atoms with van der Waals surface area (Å²) in [5.74, 6) is 2.17. The number of fused-ring (bicyclic) bond motifs is 1. The lowest BCUT2D eigenvalue weighted by molar-refractivity contribution is 0.169. The summed E-state index contributed by atoms with van der Waals surface area (Å²) in [5.41, 5.74) is 6.05. The number of likely N-dealkylation sites (tertiary alicyclic amines) is 1. The average Bonchev–Trinajstić information content (AvgIpc) is 2.68. The third-order valence-corrected chi connectivity index (χ3v) is 4.59. The predicted molar refractivity (Wildman–Crippen MR) is 53.4 cm³/mol. The molecule has 2 saturated carbocycles. The Hall–Kier alpha value is -0.0800. The van der Waals surface area contributed by atoms with Gasteiger partial charge in [-0.05, 0) is 44.4 Å². The molecular weight excluding hydrogens is 160 g/mol. The van der Waals surface area contributed by atoms with Crippen LogP contribution in [0.25, 0.3) is 0 Å². The fourth-order valence-corrected chi connectivity index (χ4v) is 3.54. The molecule has 2 N–H and O–H groups in total. The first-order valence-electron chi connectivity index (χ1n) is 5.78. The zero-order valence-corrected chi connectivity index (χ0v) is 8.45. The lowest BCUT2D eigenvalue weighted by Gasteiger charge is -2.30. The zero-order valence-electron chi connectivity index (χ0n) is 8.45. The van der Waals surface area contributed by atoms with Crippen LogP contribution in [0.15, 0.2) is 0 Å². The minimum absolute atomic E-state index is 0.442. The van der Waals surface area contributed by atoms with Crippen LogP contribution in [-0.4, -0.2) is 29.6 Å². The van der Waals surface area contributed by atoms with Crippen LogP contribution in [0.1, 0.15) is 32.6 Å². The first-order valence-corrected chi connectivity index (χ1v) is 5.78. The van der Waals surface area contributed by atoms with Gasteiger partial charge in [0.2, 0.25) is 0 Å². The topological polar surface area (TPSA) is 29.3 Å². The Bertz CT molecular complexity index is 216. The Morgan fingerprint density at radius 3 is 2.54 bits per heavy atom. The maximum atomic E-state index is 6.05. The molecule has 5 atom stereocenters. The van der Waals surface area contributed by atoms with E-state index in [9.17, 15) is 0 Å². The Labute approximate surface area is 80.5 Å². The zero-order chi connectivity index (χ0) is 9.00. The van der Waals surface area contributed by atoms with Crippen molar-refractivity contribution >= 4 is 0 Å². The molecule has 3 aliphatic rings. The van der Waals surface area contributed by atoms with Crippen LogP contribution in [0.3, 0.4) is 0 Å². The molecule has 0 aromatic carbocycles. The van der Waals surface area contributed by atoms with Gasteiger partial charge in [0.15, 0.2) is 0 Å². The summed E-state index contributed by atoms with van der Waals surface area (Å²) in [7, 11) is 0. The van der Waals surface area contributed by atoms with Gasteiger partial charge in [-0.25, -0.2) is 0 Å². The second kappa shape index (κ2) is 2.71. The van der Waals surface area contributed by atoms with Crippen molar-refractivity contribution in [3.8, 4) is 0 Å². The van der Waals surface area contributed by atoms with Crippen molar-refractivity contribution in [3.05, 3.63) is 0 Å². The normalized spacial score (nSPS) is 55.4. The molecule has 5 unspecified atom stereocenters. The third kappa shape index (κ3) is 1.15. The minimum Gasteiger partial charge on any atom is -0.326 e. The minimum atomic E-state index is 0.442. The molecule has 0 radical (unpaired) electrons. The highest BCUT2D eigenvalue weighted by molar-refractivity contribution is 5.05. The number of nitrogens with zero attached hydrogens (tertiary/aromatic N) is 1.